The number of nitrogens with one attached hydrogen (secondary N) is 2. The summed E-state index contributed by atoms with van der Waals surface area (Å²) in [6.07, 6.45) is 4.73. The molecular formula is C19H19FN2O3S. The van der Waals surface area contributed by atoms with E-state index in [9.17, 15) is 17.6 Å². The molecule has 0 atom stereocenters. The first-order valence-electron chi connectivity index (χ1n) is 8.27. The third kappa shape index (κ3) is 5.00. The first-order chi connectivity index (χ1) is 12.4. The Balaban J connectivity index is 1.59. The number of hydrogen-bond donors (Lipinski definition) is 2. The second-order valence-electron chi connectivity index (χ2n) is 6.16. The zero-order valence-electron chi connectivity index (χ0n) is 14.0. The van der Waals surface area contributed by atoms with Crippen LogP contribution in [0.15, 0.2) is 59.5 Å². The van der Waals surface area contributed by atoms with Gasteiger partial charge < -0.3 is 5.32 Å². The average molecular weight is 374 g/mol. The number of rotatable bonds is 7. The highest BCUT2D eigenvalue weighted by atomic mass is 32.2. The summed E-state index contributed by atoms with van der Waals surface area (Å²) in [6.45, 7) is 0.460. The van der Waals surface area contributed by atoms with Gasteiger partial charge in [-0.05, 0) is 55.2 Å². The maximum Gasteiger partial charge on any atom is 0.248 e. The highest BCUT2D eigenvalue weighted by Crippen LogP contribution is 2.28. The van der Waals surface area contributed by atoms with E-state index in [0.717, 1.165) is 12.8 Å². The molecule has 0 aromatic heterocycles. The molecule has 0 heterocycles. The molecule has 0 bridgehead atoms. The lowest BCUT2D eigenvalue weighted by Crippen LogP contribution is -2.25. The van der Waals surface area contributed by atoms with E-state index in [1.54, 1.807) is 18.2 Å². The van der Waals surface area contributed by atoms with E-state index in [1.165, 1.54) is 42.5 Å². The Labute approximate surface area is 152 Å². The van der Waals surface area contributed by atoms with E-state index in [0.29, 0.717) is 23.7 Å². The summed E-state index contributed by atoms with van der Waals surface area (Å²) in [7, 11) is -3.53. The molecule has 0 spiro atoms. The van der Waals surface area contributed by atoms with Crippen LogP contribution in [0, 0.1) is 11.7 Å². The Kier molecular flexibility index (Phi) is 5.49. The van der Waals surface area contributed by atoms with Crippen LogP contribution in [-0.2, 0) is 14.8 Å². The number of carbonyl (C=O) groups is 1. The Morgan fingerprint density at radius 3 is 2.46 bits per heavy atom. The van der Waals surface area contributed by atoms with E-state index in [4.69, 9.17) is 0 Å². The molecule has 0 unspecified atom stereocenters. The summed E-state index contributed by atoms with van der Waals surface area (Å²) in [4.78, 5) is 12.1. The largest absolute Gasteiger partial charge is 0.323 e. The third-order valence-electron chi connectivity index (χ3n) is 4.01. The van der Waals surface area contributed by atoms with Crippen molar-refractivity contribution in [1.82, 2.24) is 4.72 Å². The molecule has 136 valence electrons. The van der Waals surface area contributed by atoms with Crippen molar-refractivity contribution in [3.05, 3.63) is 66.0 Å². The van der Waals surface area contributed by atoms with Crippen molar-refractivity contribution < 1.29 is 17.6 Å². The van der Waals surface area contributed by atoms with Gasteiger partial charge in [-0.2, -0.15) is 0 Å². The topological polar surface area (TPSA) is 75.3 Å². The van der Waals surface area contributed by atoms with Crippen LogP contribution < -0.4 is 10.0 Å². The Morgan fingerprint density at radius 2 is 1.81 bits per heavy atom. The molecule has 5 nitrogen and oxygen atoms in total. The molecule has 1 saturated carbocycles. The van der Waals surface area contributed by atoms with Crippen LogP contribution in [0.5, 0.6) is 0 Å². The average Bonchev–Trinajstić information content (AvgIpc) is 3.44. The van der Waals surface area contributed by atoms with Gasteiger partial charge in [0, 0.05) is 23.9 Å². The zero-order chi connectivity index (χ0) is 18.6. The number of halogens is 1. The van der Waals surface area contributed by atoms with E-state index in [1.807, 2.05) is 0 Å². The van der Waals surface area contributed by atoms with Crippen LogP contribution in [-0.4, -0.2) is 20.9 Å². The van der Waals surface area contributed by atoms with Crippen LogP contribution in [0.25, 0.3) is 6.08 Å². The quantitative estimate of drug-likeness (QED) is 0.731. The minimum absolute atomic E-state index is 0.151. The van der Waals surface area contributed by atoms with Gasteiger partial charge in [-0.1, -0.05) is 18.2 Å². The van der Waals surface area contributed by atoms with Gasteiger partial charge in [-0.3, -0.25) is 4.79 Å². The van der Waals surface area contributed by atoms with Crippen molar-refractivity contribution in [1.29, 1.82) is 0 Å². The molecule has 1 amide bonds. The zero-order valence-corrected chi connectivity index (χ0v) is 14.8. The summed E-state index contributed by atoms with van der Waals surface area (Å²) >= 11 is 0. The lowest BCUT2D eigenvalue weighted by atomic mass is 10.2. The molecule has 1 aliphatic rings. The van der Waals surface area contributed by atoms with Gasteiger partial charge in [0.25, 0.3) is 0 Å². The van der Waals surface area contributed by atoms with E-state index >= 15 is 0 Å². The molecule has 1 aliphatic carbocycles. The highest BCUT2D eigenvalue weighted by molar-refractivity contribution is 7.89. The number of anilines is 1. The summed E-state index contributed by atoms with van der Waals surface area (Å²) in [5, 5.41) is 2.61. The lowest BCUT2D eigenvalue weighted by molar-refractivity contribution is -0.111. The maximum atomic E-state index is 13.5. The Bertz CT molecular complexity index is 920. The van der Waals surface area contributed by atoms with Crippen LogP contribution in [0.4, 0.5) is 10.1 Å². The van der Waals surface area contributed by atoms with Gasteiger partial charge in [0.2, 0.25) is 15.9 Å². The lowest BCUT2D eigenvalue weighted by Gasteiger charge is -2.07. The molecule has 0 radical (unpaired) electrons. The normalized spacial score (nSPS) is 14.5. The molecule has 2 aromatic rings. The van der Waals surface area contributed by atoms with E-state index < -0.39 is 21.7 Å². The molecule has 26 heavy (non-hydrogen) atoms. The fourth-order valence-electron chi connectivity index (χ4n) is 2.31. The maximum absolute atomic E-state index is 13.5. The van der Waals surface area contributed by atoms with Crippen molar-refractivity contribution in [2.75, 3.05) is 11.9 Å². The monoisotopic (exact) mass is 374 g/mol. The smallest absolute Gasteiger partial charge is 0.248 e. The molecule has 0 aliphatic heterocycles. The van der Waals surface area contributed by atoms with Crippen LogP contribution in [0.3, 0.4) is 0 Å². The molecular weight excluding hydrogens is 355 g/mol. The second-order valence-corrected chi connectivity index (χ2v) is 7.93. The minimum Gasteiger partial charge on any atom is -0.323 e. The van der Waals surface area contributed by atoms with Gasteiger partial charge in [-0.25, -0.2) is 17.5 Å². The summed E-state index contributed by atoms with van der Waals surface area (Å²) < 4.78 is 40.4. The molecule has 2 aromatic carbocycles. The van der Waals surface area contributed by atoms with Gasteiger partial charge in [-0.15, -0.1) is 0 Å². The van der Waals surface area contributed by atoms with Crippen molar-refractivity contribution in [3.8, 4) is 0 Å². The summed E-state index contributed by atoms with van der Waals surface area (Å²) in [6, 6.07) is 12.0. The summed E-state index contributed by atoms with van der Waals surface area (Å²) in [5.74, 6) is -0.398. The number of sulfonamides is 1. The predicted molar refractivity (Wildman–Crippen MR) is 98.4 cm³/mol. The fourth-order valence-corrected chi connectivity index (χ4v) is 3.43. The van der Waals surface area contributed by atoms with E-state index in [2.05, 4.69) is 10.0 Å². The van der Waals surface area contributed by atoms with Crippen LogP contribution in [0.2, 0.25) is 0 Å². The number of benzene rings is 2. The molecule has 3 rings (SSSR count). The number of amides is 1. The molecule has 0 saturated heterocycles. The first-order valence-corrected chi connectivity index (χ1v) is 9.76. The molecule has 7 heteroatoms. The van der Waals surface area contributed by atoms with Crippen LogP contribution >= 0.6 is 0 Å². The molecule has 2 N–H and O–H groups in total. The predicted octanol–water partition coefficient (Wildman–Crippen LogP) is 3.17. The van der Waals surface area contributed by atoms with Gasteiger partial charge in [0.1, 0.15) is 5.82 Å². The standard InChI is InChI=1S/C19H19FN2O3S/c20-18-4-2-1-3-15(18)7-12-19(23)22-16-8-10-17(11-9-16)26(24,25)21-13-14-5-6-14/h1-4,7-12,14,21H,5-6,13H2,(H,22,23). The molecule has 1 fully saturated rings. The SMILES string of the molecule is O=C(C=Cc1ccccc1F)Nc1ccc(S(=O)(=O)NCC2CC2)cc1. The highest BCUT2D eigenvalue weighted by Gasteiger charge is 2.24. The Hall–Kier alpha value is -2.51. The van der Waals surface area contributed by atoms with Gasteiger partial charge >= 0.3 is 0 Å². The second kappa shape index (κ2) is 7.80. The van der Waals surface area contributed by atoms with Crippen molar-refractivity contribution in [2.45, 2.75) is 17.7 Å². The van der Waals surface area contributed by atoms with Gasteiger partial charge in [0.15, 0.2) is 0 Å². The minimum atomic E-state index is -3.53. The summed E-state index contributed by atoms with van der Waals surface area (Å²) in [5.41, 5.74) is 0.764. The fraction of sp³-hybridized carbons (Fsp3) is 0.211. The first kappa shape index (κ1) is 18.3. The third-order valence-corrected chi connectivity index (χ3v) is 5.45. The number of hydrogen-bond acceptors (Lipinski definition) is 3. The van der Waals surface area contributed by atoms with Crippen LogP contribution in [0.1, 0.15) is 18.4 Å². The van der Waals surface area contributed by atoms with Crippen molar-refractivity contribution in [3.63, 3.8) is 0 Å². The van der Waals surface area contributed by atoms with Gasteiger partial charge in [0.05, 0.1) is 4.90 Å². The van der Waals surface area contributed by atoms with Crippen molar-refractivity contribution in [2.24, 2.45) is 5.92 Å². The van der Waals surface area contributed by atoms with E-state index in [-0.39, 0.29) is 4.90 Å². The van der Waals surface area contributed by atoms with Crippen molar-refractivity contribution >= 4 is 27.7 Å². The Morgan fingerprint density at radius 1 is 1.12 bits per heavy atom. The number of carbonyl (C=O) groups excluding carboxylic acids is 1.